The Morgan fingerprint density at radius 1 is 1.11 bits per heavy atom. The molecule has 0 radical (unpaired) electrons. The topological polar surface area (TPSA) is 12.5 Å². The molecule has 0 spiro atoms. The van der Waals surface area contributed by atoms with Gasteiger partial charge in [-0.2, -0.15) is 0 Å². The van der Waals surface area contributed by atoms with E-state index in [9.17, 15) is 0 Å². The predicted octanol–water partition coefficient (Wildman–Crippen LogP) is 3.93. The first kappa shape index (κ1) is 16.5. The van der Waals surface area contributed by atoms with Gasteiger partial charge in [0.1, 0.15) is 0 Å². The summed E-state index contributed by atoms with van der Waals surface area (Å²) < 4.78 is 6.58. The molecule has 18 heavy (non-hydrogen) atoms. The summed E-state index contributed by atoms with van der Waals surface area (Å²) in [6.07, 6.45) is 7.07. The average molecular weight is 269 g/mol. The van der Waals surface area contributed by atoms with Crippen molar-refractivity contribution in [3.05, 3.63) is 0 Å². The van der Waals surface area contributed by atoms with Crippen molar-refractivity contribution in [3.8, 4) is 0 Å². The fourth-order valence-electron chi connectivity index (χ4n) is 3.11. The average Bonchev–Trinajstić information content (AvgIpc) is 2.37. The number of likely N-dealkylation sites (tertiary alicyclic amines) is 1. The smallest absolute Gasteiger partial charge is 0.460 e. The van der Waals surface area contributed by atoms with Crippen molar-refractivity contribution < 1.29 is 3.79 Å². The standard InChI is InChI=1S/C9H18NO.2C3H7.Al/c1-3-9(11)8-4-6-10(2)7-5-8;2*1-3-2;/h8-9H,3-7H2,1-2H3;2*1,3H2,2H3;/q-1;;;+1. The molecule has 1 aliphatic rings. The van der Waals surface area contributed by atoms with Crippen molar-refractivity contribution in [2.75, 3.05) is 20.1 Å². The zero-order valence-electron chi connectivity index (χ0n) is 13.0. The largest absolute Gasteiger partial charge is 0.498 e. The molecule has 0 aromatic carbocycles. The SMILES string of the molecule is CC[CH2][Al]([CH2]CC)[O]C(CC)C1CCN(C)CC1. The fraction of sp³-hybridized carbons (Fsp3) is 1.00. The summed E-state index contributed by atoms with van der Waals surface area (Å²) in [5.41, 5.74) is 0. The van der Waals surface area contributed by atoms with E-state index >= 15 is 0 Å². The van der Waals surface area contributed by atoms with Gasteiger partial charge in [0.15, 0.2) is 0 Å². The maximum atomic E-state index is 6.58. The lowest BCUT2D eigenvalue weighted by Crippen LogP contribution is -2.38. The molecule has 2 nitrogen and oxygen atoms in total. The van der Waals surface area contributed by atoms with Gasteiger partial charge in [0.25, 0.3) is 0 Å². The van der Waals surface area contributed by atoms with Gasteiger partial charge in [-0.05, 0) is 45.3 Å². The summed E-state index contributed by atoms with van der Waals surface area (Å²) >= 11 is -0.910. The highest BCUT2D eigenvalue weighted by atomic mass is 27.2. The number of piperidine rings is 1. The summed E-state index contributed by atoms with van der Waals surface area (Å²) in [6.45, 7) is 9.44. The molecule has 0 bridgehead atoms. The van der Waals surface area contributed by atoms with E-state index in [1.54, 1.807) is 0 Å². The van der Waals surface area contributed by atoms with Crippen molar-refractivity contribution in [2.24, 2.45) is 5.92 Å². The van der Waals surface area contributed by atoms with Gasteiger partial charge >= 0.3 is 14.5 Å². The van der Waals surface area contributed by atoms with Crippen LogP contribution in [0.15, 0.2) is 0 Å². The molecule has 0 aromatic rings. The highest BCUT2D eigenvalue weighted by Gasteiger charge is 2.29. The Balaban J connectivity index is 2.43. The number of hydrogen-bond acceptors (Lipinski definition) is 2. The summed E-state index contributed by atoms with van der Waals surface area (Å²) in [7, 11) is 2.24. The lowest BCUT2D eigenvalue weighted by molar-refractivity contribution is 0.0798. The van der Waals surface area contributed by atoms with E-state index < -0.39 is 14.5 Å². The van der Waals surface area contributed by atoms with Crippen LogP contribution in [0, 0.1) is 5.92 Å². The zero-order chi connectivity index (χ0) is 13.4. The highest BCUT2D eigenvalue weighted by Crippen LogP contribution is 2.26. The van der Waals surface area contributed by atoms with Crippen LogP contribution in [0.3, 0.4) is 0 Å². The van der Waals surface area contributed by atoms with Crippen LogP contribution in [0.25, 0.3) is 0 Å². The van der Waals surface area contributed by atoms with Gasteiger partial charge in [-0.15, -0.1) is 0 Å². The molecular formula is C15H32AlNO. The first-order valence-electron chi connectivity index (χ1n) is 8.05. The third-order valence-corrected chi connectivity index (χ3v) is 7.46. The fourth-order valence-corrected chi connectivity index (χ4v) is 5.87. The Morgan fingerprint density at radius 2 is 1.67 bits per heavy atom. The van der Waals surface area contributed by atoms with Crippen molar-refractivity contribution >= 4 is 14.5 Å². The van der Waals surface area contributed by atoms with Gasteiger partial charge in [-0.3, -0.25) is 0 Å². The molecule has 1 rings (SSSR count). The van der Waals surface area contributed by atoms with E-state index in [0.29, 0.717) is 6.10 Å². The maximum absolute atomic E-state index is 6.58. The molecule has 1 unspecified atom stereocenters. The minimum Gasteiger partial charge on any atom is -0.498 e. The minimum absolute atomic E-state index is 0.563. The summed E-state index contributed by atoms with van der Waals surface area (Å²) in [5, 5.41) is 2.74. The Labute approximate surface area is 119 Å². The normalized spacial score (nSPS) is 20.0. The highest BCUT2D eigenvalue weighted by molar-refractivity contribution is 6.51. The van der Waals surface area contributed by atoms with Gasteiger partial charge < -0.3 is 8.69 Å². The quantitative estimate of drug-likeness (QED) is 0.619. The lowest BCUT2D eigenvalue weighted by atomic mass is 9.90. The third kappa shape index (κ3) is 5.61. The molecule has 1 atom stereocenters. The van der Waals surface area contributed by atoms with E-state index in [-0.39, 0.29) is 0 Å². The van der Waals surface area contributed by atoms with Crippen LogP contribution < -0.4 is 0 Å². The Kier molecular flexibility index (Phi) is 8.59. The second kappa shape index (κ2) is 9.37. The Bertz CT molecular complexity index is 199. The molecule has 1 aliphatic heterocycles. The second-order valence-electron chi connectivity index (χ2n) is 5.92. The maximum Gasteiger partial charge on any atom is 0.460 e. The van der Waals surface area contributed by atoms with Gasteiger partial charge in [0, 0.05) is 6.10 Å². The second-order valence-corrected chi connectivity index (χ2v) is 8.59. The molecule has 0 aromatic heterocycles. The Morgan fingerprint density at radius 3 is 2.11 bits per heavy atom. The molecule has 0 amide bonds. The Hall–Kier alpha value is 0.452. The third-order valence-electron chi connectivity index (χ3n) is 4.28. The van der Waals surface area contributed by atoms with Gasteiger partial charge in [0.05, 0.1) is 0 Å². The van der Waals surface area contributed by atoms with Crippen molar-refractivity contribution in [3.63, 3.8) is 0 Å². The molecule has 1 fully saturated rings. The summed E-state index contributed by atoms with van der Waals surface area (Å²) in [6, 6.07) is 0. The lowest BCUT2D eigenvalue weighted by Gasteiger charge is -2.35. The van der Waals surface area contributed by atoms with Gasteiger partial charge in [-0.1, -0.05) is 44.2 Å². The van der Waals surface area contributed by atoms with E-state index in [1.807, 2.05) is 0 Å². The summed E-state index contributed by atoms with van der Waals surface area (Å²) in [5.74, 6) is 0.829. The summed E-state index contributed by atoms with van der Waals surface area (Å²) in [4.78, 5) is 2.45. The molecule has 0 N–H and O–H groups in total. The number of nitrogens with zero attached hydrogens (tertiary/aromatic N) is 1. The molecule has 3 heteroatoms. The molecule has 0 aliphatic carbocycles. The zero-order valence-corrected chi connectivity index (χ0v) is 14.1. The molecule has 1 heterocycles. The van der Waals surface area contributed by atoms with Crippen LogP contribution in [0.5, 0.6) is 0 Å². The monoisotopic (exact) mass is 269 g/mol. The predicted molar refractivity (Wildman–Crippen MR) is 81.3 cm³/mol. The molecule has 106 valence electrons. The van der Waals surface area contributed by atoms with Crippen LogP contribution in [0.2, 0.25) is 10.6 Å². The van der Waals surface area contributed by atoms with Crippen LogP contribution in [0.1, 0.15) is 52.9 Å². The van der Waals surface area contributed by atoms with Crippen LogP contribution in [-0.2, 0) is 3.79 Å². The van der Waals surface area contributed by atoms with Gasteiger partial charge in [-0.25, -0.2) is 0 Å². The minimum atomic E-state index is -0.910. The number of hydrogen-bond donors (Lipinski definition) is 0. The van der Waals surface area contributed by atoms with E-state index in [1.165, 1.54) is 55.8 Å². The van der Waals surface area contributed by atoms with Crippen molar-refractivity contribution in [1.82, 2.24) is 4.90 Å². The molecule has 0 saturated carbocycles. The first-order chi connectivity index (χ1) is 8.71. The van der Waals surface area contributed by atoms with E-state index in [2.05, 4.69) is 32.7 Å². The van der Waals surface area contributed by atoms with E-state index in [4.69, 9.17) is 3.79 Å². The van der Waals surface area contributed by atoms with Crippen LogP contribution in [-0.4, -0.2) is 45.6 Å². The molecule has 1 saturated heterocycles. The van der Waals surface area contributed by atoms with Gasteiger partial charge in [0.2, 0.25) is 0 Å². The van der Waals surface area contributed by atoms with Crippen LogP contribution in [0.4, 0.5) is 0 Å². The van der Waals surface area contributed by atoms with Crippen molar-refractivity contribution in [2.45, 2.75) is 69.5 Å². The van der Waals surface area contributed by atoms with E-state index in [0.717, 1.165) is 5.92 Å². The van der Waals surface area contributed by atoms with Crippen LogP contribution >= 0.6 is 0 Å². The van der Waals surface area contributed by atoms with Crippen molar-refractivity contribution in [1.29, 1.82) is 0 Å². The molecular weight excluding hydrogens is 237 g/mol. The first-order valence-corrected chi connectivity index (χ1v) is 10.2. The number of rotatable bonds is 8.